The fourth-order valence-electron chi connectivity index (χ4n) is 3.35. The molecule has 2 aromatic carbocycles. The zero-order valence-corrected chi connectivity index (χ0v) is 18.8. The molecule has 7 heteroatoms. The Hall–Kier alpha value is -3.35. The van der Waals surface area contributed by atoms with Gasteiger partial charge >= 0.3 is 0 Å². The van der Waals surface area contributed by atoms with Crippen LogP contribution in [0.5, 0.6) is 11.5 Å². The second-order valence-electron chi connectivity index (χ2n) is 8.09. The van der Waals surface area contributed by atoms with E-state index in [1.165, 1.54) is 4.90 Å². The second kappa shape index (κ2) is 10.8. The van der Waals surface area contributed by atoms with E-state index in [1.54, 1.807) is 18.2 Å². The lowest BCUT2D eigenvalue weighted by atomic mass is 10.0. The first-order valence-electron chi connectivity index (χ1n) is 11.0. The van der Waals surface area contributed by atoms with Crippen molar-refractivity contribution in [3.05, 3.63) is 53.6 Å². The molecule has 3 rings (SSSR count). The molecule has 1 heterocycles. The first kappa shape index (κ1) is 23.3. The van der Waals surface area contributed by atoms with E-state index in [0.29, 0.717) is 35.2 Å². The molecule has 0 atom stereocenters. The van der Waals surface area contributed by atoms with Gasteiger partial charge in [-0.2, -0.15) is 0 Å². The Morgan fingerprint density at radius 2 is 2.00 bits per heavy atom. The van der Waals surface area contributed by atoms with Crippen molar-refractivity contribution >= 4 is 23.3 Å². The Labute approximate surface area is 188 Å². The Morgan fingerprint density at radius 3 is 2.75 bits per heavy atom. The topological polar surface area (TPSA) is 84.9 Å². The van der Waals surface area contributed by atoms with Gasteiger partial charge in [-0.25, -0.2) is 0 Å². The number of nitrogens with zero attached hydrogens (tertiary/aromatic N) is 1. The van der Waals surface area contributed by atoms with Crippen LogP contribution in [0.15, 0.2) is 42.5 Å². The highest BCUT2D eigenvalue weighted by Gasteiger charge is 2.28. The molecule has 0 saturated heterocycles. The van der Waals surface area contributed by atoms with Crippen molar-refractivity contribution in [2.24, 2.45) is 0 Å². The Bertz CT molecular complexity index is 986. The van der Waals surface area contributed by atoms with E-state index in [2.05, 4.69) is 19.2 Å². The van der Waals surface area contributed by atoms with Crippen molar-refractivity contribution in [2.75, 3.05) is 31.2 Å². The van der Waals surface area contributed by atoms with Gasteiger partial charge in [0, 0.05) is 12.1 Å². The summed E-state index contributed by atoms with van der Waals surface area (Å²) in [7, 11) is 0. The van der Waals surface area contributed by atoms with Crippen molar-refractivity contribution in [1.82, 2.24) is 5.32 Å². The predicted octanol–water partition coefficient (Wildman–Crippen LogP) is 3.71. The third-order valence-corrected chi connectivity index (χ3v) is 5.27. The summed E-state index contributed by atoms with van der Waals surface area (Å²) in [6.07, 6.45) is 1.84. The van der Waals surface area contributed by atoms with Gasteiger partial charge in [-0.05, 0) is 48.2 Å². The number of nitrogens with one attached hydrogen (secondary N) is 1. The molecule has 0 aromatic heterocycles. The second-order valence-corrected chi connectivity index (χ2v) is 8.09. The summed E-state index contributed by atoms with van der Waals surface area (Å²) < 4.78 is 11.2. The number of anilines is 1. The van der Waals surface area contributed by atoms with Crippen molar-refractivity contribution in [3.8, 4) is 11.5 Å². The number of carbonyl (C=O) groups excluding carboxylic acids is 3. The minimum atomic E-state index is -0.325. The molecule has 2 amide bonds. The van der Waals surface area contributed by atoms with E-state index in [9.17, 15) is 14.4 Å². The van der Waals surface area contributed by atoms with Gasteiger partial charge in [-0.1, -0.05) is 39.3 Å². The highest BCUT2D eigenvalue weighted by atomic mass is 16.5. The maximum absolute atomic E-state index is 12.8. The van der Waals surface area contributed by atoms with Crippen LogP contribution >= 0.6 is 0 Å². The highest BCUT2D eigenvalue weighted by Crippen LogP contribution is 2.33. The third-order valence-electron chi connectivity index (χ3n) is 5.27. The first-order valence-corrected chi connectivity index (χ1v) is 11.0. The van der Waals surface area contributed by atoms with Gasteiger partial charge in [-0.15, -0.1) is 0 Å². The zero-order valence-electron chi connectivity index (χ0n) is 18.8. The fourth-order valence-corrected chi connectivity index (χ4v) is 3.35. The van der Waals surface area contributed by atoms with Crippen LogP contribution in [0.25, 0.3) is 0 Å². The number of hydrogen-bond acceptors (Lipinski definition) is 5. The number of ketones is 1. The van der Waals surface area contributed by atoms with E-state index in [1.807, 2.05) is 31.2 Å². The molecule has 32 heavy (non-hydrogen) atoms. The molecule has 0 fully saturated rings. The molecule has 0 unspecified atom stereocenters. The van der Waals surface area contributed by atoms with Crippen LogP contribution in [0.1, 0.15) is 55.5 Å². The molecule has 170 valence electrons. The molecular weight excluding hydrogens is 408 g/mol. The number of unbranched alkanes of at least 4 members (excludes halogenated alkanes) is 1. The van der Waals surface area contributed by atoms with Crippen molar-refractivity contribution in [2.45, 2.75) is 39.5 Å². The van der Waals surface area contributed by atoms with Crippen molar-refractivity contribution in [1.29, 1.82) is 0 Å². The molecule has 1 N–H and O–H groups in total. The summed E-state index contributed by atoms with van der Waals surface area (Å²) in [4.78, 5) is 38.8. The summed E-state index contributed by atoms with van der Waals surface area (Å²) in [5, 5.41) is 2.81. The van der Waals surface area contributed by atoms with E-state index >= 15 is 0 Å². The number of hydrogen-bond donors (Lipinski definition) is 1. The number of rotatable bonds is 10. The number of benzene rings is 2. The zero-order chi connectivity index (χ0) is 23.1. The van der Waals surface area contributed by atoms with E-state index in [-0.39, 0.29) is 37.4 Å². The number of carbonyl (C=O) groups is 3. The number of amides is 2. The molecule has 1 aliphatic heterocycles. The van der Waals surface area contributed by atoms with E-state index in [0.717, 1.165) is 18.4 Å². The maximum Gasteiger partial charge on any atom is 0.265 e. The molecule has 0 spiro atoms. The minimum Gasteiger partial charge on any atom is -0.485 e. The van der Waals surface area contributed by atoms with Crippen LogP contribution in [0.3, 0.4) is 0 Å². The number of ether oxygens (including phenoxy) is 2. The summed E-state index contributed by atoms with van der Waals surface area (Å²) in [5.41, 5.74) is 1.94. The average molecular weight is 439 g/mol. The molecular formula is C25H30N2O5. The normalized spacial score (nSPS) is 12.9. The van der Waals surface area contributed by atoms with Crippen LogP contribution in [0, 0.1) is 0 Å². The fraction of sp³-hybridized carbons (Fsp3) is 0.400. The van der Waals surface area contributed by atoms with Gasteiger partial charge in [0.2, 0.25) is 5.91 Å². The first-order chi connectivity index (χ1) is 15.4. The Morgan fingerprint density at radius 1 is 1.19 bits per heavy atom. The standard InChI is InChI=1S/C25H30N2O5/c1-4-5-11-26-24(29)14-27-21-13-19(9-10-23(21)32-16-25(27)30)22(28)15-31-20-8-6-7-18(12-20)17(2)3/h6-10,12-13,17H,4-5,11,14-16H2,1-3H3,(H,26,29). The van der Waals surface area contributed by atoms with E-state index < -0.39 is 0 Å². The number of Topliss-reactive ketones (excluding diaryl/α,β-unsaturated/α-hetero) is 1. The Kier molecular flexibility index (Phi) is 7.87. The third kappa shape index (κ3) is 5.87. The van der Waals surface area contributed by atoms with Crippen LogP contribution in [0.4, 0.5) is 5.69 Å². The SMILES string of the molecule is CCCCNC(=O)CN1C(=O)COc2ccc(C(=O)COc3cccc(C(C)C)c3)cc21. The summed E-state index contributed by atoms with van der Waals surface area (Å²) in [6, 6.07) is 12.5. The van der Waals surface area contributed by atoms with Crippen LogP contribution in [0.2, 0.25) is 0 Å². The van der Waals surface area contributed by atoms with Crippen molar-refractivity contribution in [3.63, 3.8) is 0 Å². The largest absolute Gasteiger partial charge is 0.485 e. The van der Waals surface area contributed by atoms with Gasteiger partial charge in [-0.3, -0.25) is 19.3 Å². The van der Waals surface area contributed by atoms with Crippen LogP contribution in [-0.4, -0.2) is 43.9 Å². The minimum absolute atomic E-state index is 0.116. The summed E-state index contributed by atoms with van der Waals surface area (Å²) in [6.45, 7) is 6.40. The quantitative estimate of drug-likeness (QED) is 0.452. The lowest BCUT2D eigenvalue weighted by Crippen LogP contribution is -2.45. The molecule has 0 saturated carbocycles. The van der Waals surface area contributed by atoms with E-state index in [4.69, 9.17) is 9.47 Å². The predicted molar refractivity (Wildman–Crippen MR) is 123 cm³/mol. The van der Waals surface area contributed by atoms with Crippen molar-refractivity contribution < 1.29 is 23.9 Å². The van der Waals surface area contributed by atoms with Crippen LogP contribution < -0.4 is 19.7 Å². The molecule has 0 aliphatic carbocycles. The maximum atomic E-state index is 12.8. The molecule has 1 aliphatic rings. The average Bonchev–Trinajstić information content (AvgIpc) is 2.79. The monoisotopic (exact) mass is 438 g/mol. The van der Waals surface area contributed by atoms with Gasteiger partial charge in [0.15, 0.2) is 19.0 Å². The highest BCUT2D eigenvalue weighted by molar-refractivity contribution is 6.04. The summed E-state index contributed by atoms with van der Waals surface area (Å²) in [5.74, 6) is 0.657. The van der Waals surface area contributed by atoms with Gasteiger partial charge in [0.25, 0.3) is 5.91 Å². The van der Waals surface area contributed by atoms with Gasteiger partial charge < -0.3 is 14.8 Å². The Balaban J connectivity index is 1.70. The lowest BCUT2D eigenvalue weighted by Gasteiger charge is -2.29. The summed E-state index contributed by atoms with van der Waals surface area (Å²) >= 11 is 0. The molecule has 2 aromatic rings. The lowest BCUT2D eigenvalue weighted by molar-refractivity contribution is -0.125. The van der Waals surface area contributed by atoms with Gasteiger partial charge in [0.05, 0.1) is 5.69 Å². The number of fused-ring (bicyclic) bond motifs is 1. The smallest absolute Gasteiger partial charge is 0.265 e. The molecule has 0 bridgehead atoms. The molecule has 0 radical (unpaired) electrons. The van der Waals surface area contributed by atoms with Gasteiger partial charge in [0.1, 0.15) is 18.0 Å². The molecule has 7 nitrogen and oxygen atoms in total. The van der Waals surface area contributed by atoms with Crippen LogP contribution in [-0.2, 0) is 9.59 Å².